The Hall–Kier alpha value is -0.300. The monoisotopic (exact) mass is 290 g/mol. The van der Waals surface area contributed by atoms with Gasteiger partial charge in [0.1, 0.15) is 0 Å². The van der Waals surface area contributed by atoms with Crippen molar-refractivity contribution < 1.29 is 4.74 Å². The topological polar surface area (TPSA) is 9.23 Å². The van der Waals surface area contributed by atoms with Gasteiger partial charge in [0.15, 0.2) is 0 Å². The molecule has 0 heterocycles. The summed E-state index contributed by atoms with van der Waals surface area (Å²) in [6, 6.07) is 0. The Labute approximate surface area is 131 Å². The normalized spacial score (nSPS) is 37.8. The number of rotatable bonds is 6. The van der Waals surface area contributed by atoms with E-state index in [0.29, 0.717) is 11.5 Å². The van der Waals surface area contributed by atoms with Gasteiger partial charge in [-0.05, 0) is 55.8 Å². The van der Waals surface area contributed by atoms with Gasteiger partial charge in [-0.1, -0.05) is 57.6 Å². The van der Waals surface area contributed by atoms with E-state index in [1.54, 1.807) is 0 Å². The molecule has 4 atom stereocenters. The van der Waals surface area contributed by atoms with E-state index in [1.165, 1.54) is 64.2 Å². The molecule has 0 aliphatic heterocycles. The summed E-state index contributed by atoms with van der Waals surface area (Å²) in [6.45, 7) is 5.78. The van der Waals surface area contributed by atoms with Crippen LogP contribution >= 0.6 is 0 Å². The lowest BCUT2D eigenvalue weighted by molar-refractivity contribution is 0.0171. The van der Waals surface area contributed by atoms with E-state index >= 15 is 0 Å². The van der Waals surface area contributed by atoms with Crippen molar-refractivity contribution in [3.05, 3.63) is 12.2 Å². The van der Waals surface area contributed by atoms with Gasteiger partial charge in [-0.3, -0.25) is 0 Å². The standard InChI is InChI=1S/C20H34O/c1-16(14-20(2)15-18-9-10-19(20)13-18)21-12-11-17-7-5-3-4-6-8-17/h9-10,16-19H,3-8,11-15H2,1-2H3. The van der Waals surface area contributed by atoms with Crippen molar-refractivity contribution in [2.24, 2.45) is 23.2 Å². The van der Waals surface area contributed by atoms with Gasteiger partial charge in [-0.2, -0.15) is 0 Å². The van der Waals surface area contributed by atoms with Crippen molar-refractivity contribution in [3.63, 3.8) is 0 Å². The fourth-order valence-electron chi connectivity index (χ4n) is 5.23. The molecule has 120 valence electrons. The highest BCUT2D eigenvalue weighted by molar-refractivity contribution is 5.14. The summed E-state index contributed by atoms with van der Waals surface area (Å²) in [6.07, 6.45) is 19.4. The van der Waals surface area contributed by atoms with E-state index in [2.05, 4.69) is 26.0 Å². The fraction of sp³-hybridized carbons (Fsp3) is 0.900. The second kappa shape index (κ2) is 6.86. The van der Waals surface area contributed by atoms with Crippen LogP contribution < -0.4 is 0 Å². The Morgan fingerprint density at radius 3 is 2.52 bits per heavy atom. The Morgan fingerprint density at radius 2 is 1.90 bits per heavy atom. The van der Waals surface area contributed by atoms with E-state index in [-0.39, 0.29) is 0 Å². The Kier molecular flexibility index (Phi) is 5.09. The second-order valence-corrected chi connectivity index (χ2v) is 8.38. The van der Waals surface area contributed by atoms with E-state index in [9.17, 15) is 0 Å². The fourth-order valence-corrected chi connectivity index (χ4v) is 5.23. The number of hydrogen-bond donors (Lipinski definition) is 0. The molecule has 4 unspecified atom stereocenters. The van der Waals surface area contributed by atoms with Crippen LogP contribution in [-0.2, 0) is 4.74 Å². The predicted octanol–water partition coefficient (Wildman–Crippen LogP) is 5.74. The van der Waals surface area contributed by atoms with Crippen LogP contribution in [0.25, 0.3) is 0 Å². The van der Waals surface area contributed by atoms with E-state index in [0.717, 1.165) is 24.4 Å². The number of ether oxygens (including phenoxy) is 1. The molecule has 0 aromatic rings. The van der Waals surface area contributed by atoms with Crippen LogP contribution in [0.3, 0.4) is 0 Å². The molecule has 2 fully saturated rings. The van der Waals surface area contributed by atoms with Gasteiger partial charge < -0.3 is 4.74 Å². The molecule has 1 heteroatoms. The van der Waals surface area contributed by atoms with E-state index in [4.69, 9.17) is 4.74 Å². The van der Waals surface area contributed by atoms with Gasteiger partial charge in [0.05, 0.1) is 6.10 Å². The molecule has 3 aliphatic carbocycles. The lowest BCUT2D eigenvalue weighted by Crippen LogP contribution is -2.28. The smallest absolute Gasteiger partial charge is 0.0552 e. The molecule has 0 aromatic carbocycles. The molecule has 1 nitrogen and oxygen atoms in total. The van der Waals surface area contributed by atoms with Crippen LogP contribution in [-0.4, -0.2) is 12.7 Å². The number of allylic oxidation sites excluding steroid dienone is 2. The molecule has 0 saturated heterocycles. The van der Waals surface area contributed by atoms with Crippen LogP contribution in [0.15, 0.2) is 12.2 Å². The first-order valence-electron chi connectivity index (χ1n) is 9.46. The third-order valence-corrected chi connectivity index (χ3v) is 6.45. The van der Waals surface area contributed by atoms with E-state index in [1.807, 2.05) is 0 Å². The lowest BCUT2D eigenvalue weighted by atomic mass is 9.74. The summed E-state index contributed by atoms with van der Waals surface area (Å²) in [4.78, 5) is 0. The minimum absolute atomic E-state index is 0.438. The summed E-state index contributed by atoms with van der Waals surface area (Å²) in [5.74, 6) is 2.65. The van der Waals surface area contributed by atoms with Gasteiger partial charge in [0, 0.05) is 6.61 Å². The minimum atomic E-state index is 0.438. The zero-order chi connectivity index (χ0) is 14.7. The van der Waals surface area contributed by atoms with Crippen molar-refractivity contribution in [3.8, 4) is 0 Å². The first-order valence-corrected chi connectivity index (χ1v) is 9.46. The number of hydrogen-bond acceptors (Lipinski definition) is 1. The van der Waals surface area contributed by atoms with Gasteiger partial charge in [-0.15, -0.1) is 0 Å². The third-order valence-electron chi connectivity index (χ3n) is 6.45. The van der Waals surface area contributed by atoms with Crippen LogP contribution in [0.1, 0.15) is 78.1 Å². The Balaban J connectivity index is 1.36. The highest BCUT2D eigenvalue weighted by Crippen LogP contribution is 2.54. The third kappa shape index (κ3) is 3.92. The molecule has 3 aliphatic rings. The molecule has 2 bridgehead atoms. The molecular weight excluding hydrogens is 256 g/mol. The summed E-state index contributed by atoms with van der Waals surface area (Å²) in [5.41, 5.74) is 0.515. The highest BCUT2D eigenvalue weighted by Gasteiger charge is 2.45. The maximum absolute atomic E-state index is 6.20. The molecule has 0 spiro atoms. The van der Waals surface area contributed by atoms with Crippen molar-refractivity contribution >= 4 is 0 Å². The van der Waals surface area contributed by atoms with Crippen LogP contribution in [0, 0.1) is 23.2 Å². The predicted molar refractivity (Wildman–Crippen MR) is 89.3 cm³/mol. The summed E-state index contributed by atoms with van der Waals surface area (Å²) >= 11 is 0. The molecule has 0 aromatic heterocycles. The average molecular weight is 290 g/mol. The molecule has 2 saturated carbocycles. The molecule has 0 radical (unpaired) electrons. The first kappa shape index (κ1) is 15.6. The van der Waals surface area contributed by atoms with Gasteiger partial charge in [-0.25, -0.2) is 0 Å². The zero-order valence-corrected chi connectivity index (χ0v) is 14.2. The summed E-state index contributed by atoms with van der Waals surface area (Å²) < 4.78 is 6.20. The average Bonchev–Trinajstić information content (AvgIpc) is 2.90. The maximum atomic E-state index is 6.20. The molecule has 0 N–H and O–H groups in total. The largest absolute Gasteiger partial charge is 0.378 e. The molecule has 0 amide bonds. The van der Waals surface area contributed by atoms with Crippen LogP contribution in [0.2, 0.25) is 0 Å². The molecular formula is C20H34O. The van der Waals surface area contributed by atoms with Gasteiger partial charge in [0.2, 0.25) is 0 Å². The van der Waals surface area contributed by atoms with Crippen molar-refractivity contribution in [2.45, 2.75) is 84.2 Å². The quantitative estimate of drug-likeness (QED) is 0.447. The van der Waals surface area contributed by atoms with Gasteiger partial charge >= 0.3 is 0 Å². The summed E-state index contributed by atoms with van der Waals surface area (Å²) in [5, 5.41) is 0. The first-order chi connectivity index (χ1) is 10.2. The minimum Gasteiger partial charge on any atom is -0.378 e. The highest BCUT2D eigenvalue weighted by atomic mass is 16.5. The number of fused-ring (bicyclic) bond motifs is 2. The Morgan fingerprint density at radius 1 is 1.14 bits per heavy atom. The van der Waals surface area contributed by atoms with E-state index < -0.39 is 0 Å². The Bertz CT molecular complexity index is 353. The van der Waals surface area contributed by atoms with Crippen molar-refractivity contribution in [1.29, 1.82) is 0 Å². The van der Waals surface area contributed by atoms with Crippen molar-refractivity contribution in [1.82, 2.24) is 0 Å². The SMILES string of the molecule is CC(CC1(C)CC2C=CC1C2)OCCC1CCCCCC1. The van der Waals surface area contributed by atoms with Gasteiger partial charge in [0.25, 0.3) is 0 Å². The van der Waals surface area contributed by atoms with Crippen LogP contribution in [0.4, 0.5) is 0 Å². The van der Waals surface area contributed by atoms with Crippen molar-refractivity contribution in [2.75, 3.05) is 6.61 Å². The summed E-state index contributed by atoms with van der Waals surface area (Å²) in [7, 11) is 0. The molecule has 3 rings (SSSR count). The maximum Gasteiger partial charge on any atom is 0.0552 e. The molecule has 21 heavy (non-hydrogen) atoms. The second-order valence-electron chi connectivity index (χ2n) is 8.38. The zero-order valence-electron chi connectivity index (χ0n) is 14.2. The van der Waals surface area contributed by atoms with Crippen LogP contribution in [0.5, 0.6) is 0 Å². The lowest BCUT2D eigenvalue weighted by Gasteiger charge is -2.34.